The third-order valence-corrected chi connectivity index (χ3v) is 4.95. The fourth-order valence-electron chi connectivity index (χ4n) is 1.78. The van der Waals surface area contributed by atoms with Gasteiger partial charge < -0.3 is 9.73 Å². The lowest BCUT2D eigenvalue weighted by atomic mass is 10.3. The maximum Gasteiger partial charge on any atom is 0.246 e. The summed E-state index contributed by atoms with van der Waals surface area (Å²) in [5.74, 6) is 1.11. The van der Waals surface area contributed by atoms with Crippen LogP contribution >= 0.6 is 0 Å². The fourth-order valence-corrected chi connectivity index (χ4v) is 3.18. The molecule has 0 aliphatic heterocycles. The third kappa shape index (κ3) is 4.06. The highest BCUT2D eigenvalue weighted by atomic mass is 32.2. The Kier molecular flexibility index (Phi) is 6.03. The second-order valence-corrected chi connectivity index (χ2v) is 6.61. The highest BCUT2D eigenvalue weighted by Gasteiger charge is 2.25. The van der Waals surface area contributed by atoms with E-state index in [0.717, 1.165) is 19.4 Å². The summed E-state index contributed by atoms with van der Waals surface area (Å²) in [6.07, 6.45) is 1.83. The minimum atomic E-state index is -3.43. The Labute approximate surface area is 116 Å². The molecular weight excluding hydrogens is 264 g/mol. The molecule has 0 aliphatic carbocycles. The van der Waals surface area contributed by atoms with E-state index in [1.165, 1.54) is 4.31 Å². The van der Waals surface area contributed by atoms with E-state index in [9.17, 15) is 8.42 Å². The van der Waals surface area contributed by atoms with Crippen molar-refractivity contribution in [2.75, 3.05) is 20.1 Å². The van der Waals surface area contributed by atoms with Crippen LogP contribution in [0, 0.1) is 6.92 Å². The molecule has 6 heteroatoms. The lowest BCUT2D eigenvalue weighted by Crippen LogP contribution is -2.28. The average molecular weight is 288 g/mol. The molecular formula is C13H24N2O3S. The van der Waals surface area contributed by atoms with Crippen LogP contribution in [0.4, 0.5) is 0 Å². The number of rotatable bonds is 8. The zero-order valence-electron chi connectivity index (χ0n) is 12.2. The molecule has 1 aromatic rings. The molecule has 5 nitrogen and oxygen atoms in total. The van der Waals surface area contributed by atoms with Crippen LogP contribution in [0.25, 0.3) is 0 Å². The van der Waals surface area contributed by atoms with Crippen LogP contribution in [0.1, 0.15) is 38.2 Å². The van der Waals surface area contributed by atoms with Crippen LogP contribution in [-0.2, 0) is 16.6 Å². The molecule has 1 aromatic heterocycles. The quantitative estimate of drug-likeness (QED) is 0.796. The van der Waals surface area contributed by atoms with Gasteiger partial charge in [-0.25, -0.2) is 12.7 Å². The smallest absolute Gasteiger partial charge is 0.246 e. The molecule has 0 aliphatic rings. The fraction of sp³-hybridized carbons (Fsp3) is 0.692. The molecule has 0 radical (unpaired) electrons. The van der Waals surface area contributed by atoms with Crippen LogP contribution in [0.3, 0.4) is 0 Å². The van der Waals surface area contributed by atoms with Crippen LogP contribution in [0.15, 0.2) is 15.4 Å². The number of unbranched alkanes of at least 4 members (excludes halogenated alkanes) is 1. The Hall–Kier alpha value is -0.850. The Morgan fingerprint density at radius 2 is 2.05 bits per heavy atom. The summed E-state index contributed by atoms with van der Waals surface area (Å²) < 4.78 is 31.7. The van der Waals surface area contributed by atoms with Gasteiger partial charge in [-0.3, -0.25) is 0 Å². The topological polar surface area (TPSA) is 62.6 Å². The van der Waals surface area contributed by atoms with Crippen molar-refractivity contribution in [3.05, 3.63) is 17.6 Å². The molecule has 0 saturated carbocycles. The molecule has 0 atom stereocenters. The van der Waals surface area contributed by atoms with Crippen molar-refractivity contribution in [1.29, 1.82) is 0 Å². The standard InChI is InChI=1S/C13H24N2O3S/c1-5-7-8-15(4)19(16,17)13-9-12(10-14-6-2)18-11(13)3/h9,14H,5-8,10H2,1-4H3. The van der Waals surface area contributed by atoms with Crippen molar-refractivity contribution < 1.29 is 12.8 Å². The first kappa shape index (κ1) is 16.2. The molecule has 0 saturated heterocycles. The molecule has 0 bridgehead atoms. The predicted molar refractivity (Wildman–Crippen MR) is 75.5 cm³/mol. The zero-order chi connectivity index (χ0) is 14.5. The Balaban J connectivity index is 2.91. The van der Waals surface area contributed by atoms with E-state index >= 15 is 0 Å². The van der Waals surface area contributed by atoms with E-state index in [2.05, 4.69) is 5.32 Å². The SMILES string of the molecule is CCCCN(C)S(=O)(=O)c1cc(CNCC)oc1C. The van der Waals surface area contributed by atoms with E-state index in [1.807, 2.05) is 13.8 Å². The van der Waals surface area contributed by atoms with E-state index in [-0.39, 0.29) is 4.90 Å². The molecule has 110 valence electrons. The van der Waals surface area contributed by atoms with E-state index in [4.69, 9.17) is 4.42 Å². The molecule has 1 heterocycles. The minimum absolute atomic E-state index is 0.277. The largest absolute Gasteiger partial charge is 0.464 e. The van der Waals surface area contributed by atoms with Gasteiger partial charge in [0.15, 0.2) is 0 Å². The van der Waals surface area contributed by atoms with Crippen LogP contribution in [-0.4, -0.2) is 32.9 Å². The van der Waals surface area contributed by atoms with Gasteiger partial charge in [0.25, 0.3) is 0 Å². The average Bonchev–Trinajstić information content (AvgIpc) is 2.75. The van der Waals surface area contributed by atoms with Gasteiger partial charge in [-0.15, -0.1) is 0 Å². The maximum absolute atomic E-state index is 12.4. The molecule has 1 N–H and O–H groups in total. The van der Waals surface area contributed by atoms with E-state index < -0.39 is 10.0 Å². The Morgan fingerprint density at radius 1 is 1.37 bits per heavy atom. The summed E-state index contributed by atoms with van der Waals surface area (Å²) in [7, 11) is -1.82. The van der Waals surface area contributed by atoms with Gasteiger partial charge in [-0.1, -0.05) is 20.3 Å². The highest BCUT2D eigenvalue weighted by molar-refractivity contribution is 7.89. The van der Waals surface area contributed by atoms with Crippen molar-refractivity contribution in [3.63, 3.8) is 0 Å². The number of nitrogens with one attached hydrogen (secondary N) is 1. The molecule has 0 amide bonds. The summed E-state index contributed by atoms with van der Waals surface area (Å²) >= 11 is 0. The summed E-state index contributed by atoms with van der Waals surface area (Å²) in [4.78, 5) is 0.277. The van der Waals surface area contributed by atoms with Crippen LogP contribution in [0.2, 0.25) is 0 Å². The van der Waals surface area contributed by atoms with Crippen molar-refractivity contribution in [2.45, 2.75) is 45.1 Å². The summed E-state index contributed by atoms with van der Waals surface area (Å²) in [6.45, 7) is 7.62. The van der Waals surface area contributed by atoms with Crippen molar-refractivity contribution in [2.24, 2.45) is 0 Å². The van der Waals surface area contributed by atoms with Gasteiger partial charge in [0.2, 0.25) is 10.0 Å². The number of nitrogens with zero attached hydrogens (tertiary/aromatic N) is 1. The first-order valence-electron chi connectivity index (χ1n) is 6.69. The monoisotopic (exact) mass is 288 g/mol. The molecule has 19 heavy (non-hydrogen) atoms. The molecule has 0 spiro atoms. The third-order valence-electron chi connectivity index (χ3n) is 2.99. The predicted octanol–water partition coefficient (Wildman–Crippen LogP) is 2.12. The minimum Gasteiger partial charge on any atom is -0.464 e. The number of aryl methyl sites for hydroxylation is 1. The lowest BCUT2D eigenvalue weighted by Gasteiger charge is -2.15. The maximum atomic E-state index is 12.4. The summed E-state index contributed by atoms with van der Waals surface area (Å²) in [5, 5.41) is 3.12. The zero-order valence-corrected chi connectivity index (χ0v) is 13.0. The second kappa shape index (κ2) is 7.07. The highest BCUT2D eigenvalue weighted by Crippen LogP contribution is 2.23. The van der Waals surface area contributed by atoms with Crippen molar-refractivity contribution >= 4 is 10.0 Å². The number of hydrogen-bond donors (Lipinski definition) is 1. The van der Waals surface area contributed by atoms with Crippen LogP contribution < -0.4 is 5.32 Å². The molecule has 0 aromatic carbocycles. The number of furan rings is 1. The number of hydrogen-bond acceptors (Lipinski definition) is 4. The van der Waals surface area contributed by atoms with Gasteiger partial charge in [0.1, 0.15) is 16.4 Å². The molecule has 1 rings (SSSR count). The van der Waals surface area contributed by atoms with Crippen molar-refractivity contribution in [1.82, 2.24) is 9.62 Å². The Morgan fingerprint density at radius 3 is 2.63 bits per heavy atom. The van der Waals surface area contributed by atoms with Gasteiger partial charge >= 0.3 is 0 Å². The molecule has 0 unspecified atom stereocenters. The van der Waals surface area contributed by atoms with Gasteiger partial charge in [-0.05, 0) is 19.9 Å². The summed E-state index contributed by atoms with van der Waals surface area (Å²) in [5.41, 5.74) is 0. The second-order valence-electron chi connectivity index (χ2n) is 4.59. The van der Waals surface area contributed by atoms with Gasteiger partial charge in [0, 0.05) is 19.7 Å². The first-order valence-corrected chi connectivity index (χ1v) is 8.13. The van der Waals surface area contributed by atoms with Gasteiger partial charge in [0.05, 0.1) is 6.54 Å². The lowest BCUT2D eigenvalue weighted by molar-refractivity contribution is 0.447. The first-order chi connectivity index (χ1) is 8.93. The normalized spacial score (nSPS) is 12.3. The summed E-state index contributed by atoms with van der Waals surface area (Å²) in [6, 6.07) is 1.62. The van der Waals surface area contributed by atoms with Crippen LogP contribution in [0.5, 0.6) is 0 Å². The van der Waals surface area contributed by atoms with E-state index in [0.29, 0.717) is 24.6 Å². The Bertz CT molecular complexity index is 494. The molecule has 0 fully saturated rings. The van der Waals surface area contributed by atoms with E-state index in [1.54, 1.807) is 20.0 Å². The van der Waals surface area contributed by atoms with Crippen molar-refractivity contribution in [3.8, 4) is 0 Å². The van der Waals surface area contributed by atoms with Gasteiger partial charge in [-0.2, -0.15) is 0 Å². The number of sulfonamides is 1.